The van der Waals surface area contributed by atoms with Crippen LogP contribution in [0.2, 0.25) is 0 Å². The van der Waals surface area contributed by atoms with Gasteiger partial charge >= 0.3 is 6.18 Å². The minimum Gasteiger partial charge on any atom is -0.330 e. The van der Waals surface area contributed by atoms with Crippen LogP contribution in [0.4, 0.5) is 13.2 Å². The quantitative estimate of drug-likeness (QED) is 0.798. The molecule has 0 aromatic heterocycles. The van der Waals surface area contributed by atoms with Crippen molar-refractivity contribution in [3.63, 3.8) is 0 Å². The predicted octanol–water partition coefficient (Wildman–Crippen LogP) is 3.10. The van der Waals surface area contributed by atoms with Crippen LogP contribution in [0, 0.1) is 0 Å². The van der Waals surface area contributed by atoms with Crippen molar-refractivity contribution in [2.75, 3.05) is 6.54 Å². The SMILES string of the molecule is NCCc1ccc(C(=O)CCCC(F)(F)F)cc1. The predicted molar refractivity (Wildman–Crippen MR) is 63.4 cm³/mol. The van der Waals surface area contributed by atoms with E-state index in [1.807, 2.05) is 0 Å². The molecule has 0 spiro atoms. The summed E-state index contributed by atoms with van der Waals surface area (Å²) in [5, 5.41) is 0. The van der Waals surface area contributed by atoms with Crippen LogP contribution in [0.5, 0.6) is 0 Å². The van der Waals surface area contributed by atoms with Gasteiger partial charge in [0.15, 0.2) is 5.78 Å². The summed E-state index contributed by atoms with van der Waals surface area (Å²) in [7, 11) is 0. The molecule has 0 saturated heterocycles. The first-order valence-electron chi connectivity index (χ1n) is 5.81. The maximum Gasteiger partial charge on any atom is 0.389 e. The monoisotopic (exact) mass is 259 g/mol. The zero-order valence-corrected chi connectivity index (χ0v) is 9.96. The molecule has 0 radical (unpaired) electrons. The molecule has 0 heterocycles. The van der Waals surface area contributed by atoms with E-state index in [9.17, 15) is 18.0 Å². The number of carbonyl (C=O) groups is 1. The number of halogens is 3. The van der Waals surface area contributed by atoms with Crippen molar-refractivity contribution >= 4 is 5.78 Å². The third kappa shape index (κ3) is 5.31. The van der Waals surface area contributed by atoms with Crippen molar-refractivity contribution in [3.05, 3.63) is 35.4 Å². The smallest absolute Gasteiger partial charge is 0.330 e. The van der Waals surface area contributed by atoms with E-state index in [4.69, 9.17) is 5.73 Å². The van der Waals surface area contributed by atoms with Crippen LogP contribution in [0.25, 0.3) is 0 Å². The molecule has 5 heteroatoms. The molecule has 1 aromatic rings. The average molecular weight is 259 g/mol. The minimum absolute atomic E-state index is 0.0737. The summed E-state index contributed by atoms with van der Waals surface area (Å²) in [6.45, 7) is 0.527. The van der Waals surface area contributed by atoms with Crippen LogP contribution < -0.4 is 5.73 Å². The largest absolute Gasteiger partial charge is 0.389 e. The zero-order valence-electron chi connectivity index (χ0n) is 9.96. The van der Waals surface area contributed by atoms with Crippen LogP contribution in [-0.2, 0) is 6.42 Å². The molecular weight excluding hydrogens is 243 g/mol. The average Bonchev–Trinajstić information content (AvgIpc) is 2.28. The Balaban J connectivity index is 2.46. The molecule has 0 bridgehead atoms. The fourth-order valence-corrected chi connectivity index (χ4v) is 1.62. The van der Waals surface area contributed by atoms with Crippen LogP contribution in [0.15, 0.2) is 24.3 Å². The molecule has 0 amide bonds. The maximum absolute atomic E-state index is 11.9. The number of hydrogen-bond acceptors (Lipinski definition) is 2. The number of hydrogen-bond donors (Lipinski definition) is 1. The molecular formula is C13H16F3NO. The van der Waals surface area contributed by atoms with Gasteiger partial charge in [-0.3, -0.25) is 4.79 Å². The van der Waals surface area contributed by atoms with Gasteiger partial charge in [0.25, 0.3) is 0 Å². The number of rotatable bonds is 6. The summed E-state index contributed by atoms with van der Waals surface area (Å²) in [5.74, 6) is -0.251. The Morgan fingerprint density at radius 3 is 2.28 bits per heavy atom. The van der Waals surface area contributed by atoms with Crippen LogP contribution in [0.1, 0.15) is 35.2 Å². The van der Waals surface area contributed by atoms with Gasteiger partial charge in [0, 0.05) is 18.4 Å². The van der Waals surface area contributed by atoms with E-state index in [0.29, 0.717) is 12.1 Å². The molecule has 2 N–H and O–H groups in total. The van der Waals surface area contributed by atoms with Gasteiger partial charge in [-0.2, -0.15) is 13.2 Å². The molecule has 0 saturated carbocycles. The standard InChI is InChI=1S/C13H16F3NO/c14-13(15,16)8-1-2-12(18)11-5-3-10(4-6-11)7-9-17/h3-6H,1-2,7-9,17H2. The van der Waals surface area contributed by atoms with E-state index in [0.717, 1.165) is 12.0 Å². The Hall–Kier alpha value is -1.36. The number of benzene rings is 1. The number of nitrogens with two attached hydrogens (primary N) is 1. The number of Topliss-reactive ketones (excluding diaryl/α,β-unsaturated/α-hetero) is 1. The van der Waals surface area contributed by atoms with Crippen molar-refractivity contribution < 1.29 is 18.0 Å². The molecule has 18 heavy (non-hydrogen) atoms. The third-order valence-electron chi connectivity index (χ3n) is 2.57. The fourth-order valence-electron chi connectivity index (χ4n) is 1.62. The molecule has 0 unspecified atom stereocenters. The van der Waals surface area contributed by atoms with E-state index < -0.39 is 12.6 Å². The van der Waals surface area contributed by atoms with Crippen LogP contribution in [-0.4, -0.2) is 18.5 Å². The highest BCUT2D eigenvalue weighted by Gasteiger charge is 2.26. The lowest BCUT2D eigenvalue weighted by Gasteiger charge is -2.06. The second kappa shape index (κ2) is 6.54. The van der Waals surface area contributed by atoms with Gasteiger partial charge < -0.3 is 5.73 Å². The van der Waals surface area contributed by atoms with Gasteiger partial charge in [-0.05, 0) is 24.9 Å². The number of carbonyl (C=O) groups excluding carboxylic acids is 1. The Bertz CT molecular complexity index is 384. The van der Waals surface area contributed by atoms with Gasteiger partial charge in [0.05, 0.1) is 0 Å². The zero-order chi connectivity index (χ0) is 13.6. The Morgan fingerprint density at radius 2 is 1.78 bits per heavy atom. The molecule has 0 fully saturated rings. The maximum atomic E-state index is 11.9. The molecule has 1 rings (SSSR count). The van der Waals surface area contributed by atoms with Crippen molar-refractivity contribution in [3.8, 4) is 0 Å². The number of alkyl halides is 3. The van der Waals surface area contributed by atoms with E-state index in [1.54, 1.807) is 24.3 Å². The summed E-state index contributed by atoms with van der Waals surface area (Å²) in [5.41, 5.74) is 6.87. The Labute approximate surface area is 104 Å². The second-order valence-corrected chi connectivity index (χ2v) is 4.13. The second-order valence-electron chi connectivity index (χ2n) is 4.13. The topological polar surface area (TPSA) is 43.1 Å². The van der Waals surface area contributed by atoms with Crippen LogP contribution in [0.3, 0.4) is 0 Å². The summed E-state index contributed by atoms with van der Waals surface area (Å²) in [4.78, 5) is 11.6. The van der Waals surface area contributed by atoms with Crippen molar-refractivity contribution in [2.45, 2.75) is 31.9 Å². The van der Waals surface area contributed by atoms with Crippen molar-refractivity contribution in [1.82, 2.24) is 0 Å². The summed E-state index contributed by atoms with van der Waals surface area (Å²) in [6.07, 6.45) is -4.61. The molecule has 0 aliphatic carbocycles. The highest BCUT2D eigenvalue weighted by Crippen LogP contribution is 2.22. The highest BCUT2D eigenvalue weighted by atomic mass is 19.4. The van der Waals surface area contributed by atoms with Gasteiger partial charge in [-0.1, -0.05) is 24.3 Å². The van der Waals surface area contributed by atoms with Crippen molar-refractivity contribution in [1.29, 1.82) is 0 Å². The minimum atomic E-state index is -4.19. The highest BCUT2D eigenvalue weighted by molar-refractivity contribution is 5.96. The first kappa shape index (κ1) is 14.7. The normalized spacial score (nSPS) is 11.6. The first-order chi connectivity index (χ1) is 8.42. The number of ketones is 1. The third-order valence-corrected chi connectivity index (χ3v) is 2.57. The lowest BCUT2D eigenvalue weighted by atomic mass is 10.0. The summed E-state index contributed by atoms with van der Waals surface area (Å²) >= 11 is 0. The van der Waals surface area contributed by atoms with E-state index in [-0.39, 0.29) is 18.6 Å². The molecule has 0 aliphatic rings. The van der Waals surface area contributed by atoms with Gasteiger partial charge in [-0.25, -0.2) is 0 Å². The summed E-state index contributed by atoms with van der Waals surface area (Å²) in [6, 6.07) is 6.84. The fraction of sp³-hybridized carbons (Fsp3) is 0.462. The molecule has 1 aromatic carbocycles. The molecule has 0 atom stereocenters. The molecule has 100 valence electrons. The Morgan fingerprint density at radius 1 is 1.17 bits per heavy atom. The van der Waals surface area contributed by atoms with Crippen molar-refractivity contribution in [2.24, 2.45) is 5.73 Å². The first-order valence-corrected chi connectivity index (χ1v) is 5.81. The van der Waals surface area contributed by atoms with Crippen LogP contribution >= 0.6 is 0 Å². The summed E-state index contributed by atoms with van der Waals surface area (Å²) < 4.78 is 35.8. The van der Waals surface area contributed by atoms with Gasteiger partial charge in [0.1, 0.15) is 0 Å². The van der Waals surface area contributed by atoms with Gasteiger partial charge in [0.2, 0.25) is 0 Å². The lowest BCUT2D eigenvalue weighted by Crippen LogP contribution is -2.08. The Kier molecular flexibility index (Phi) is 5.34. The lowest BCUT2D eigenvalue weighted by molar-refractivity contribution is -0.135. The van der Waals surface area contributed by atoms with E-state index in [2.05, 4.69) is 0 Å². The van der Waals surface area contributed by atoms with E-state index >= 15 is 0 Å². The molecule has 2 nitrogen and oxygen atoms in total. The van der Waals surface area contributed by atoms with Gasteiger partial charge in [-0.15, -0.1) is 0 Å². The van der Waals surface area contributed by atoms with E-state index in [1.165, 1.54) is 0 Å². The molecule has 0 aliphatic heterocycles.